The van der Waals surface area contributed by atoms with Gasteiger partial charge < -0.3 is 4.74 Å². The maximum atomic E-state index is 14.1. The second-order valence-electron chi connectivity index (χ2n) is 5.48. The first-order valence-corrected chi connectivity index (χ1v) is 7.42. The molecular weight excluding hydrogens is 361 g/mol. The number of hydrogen-bond acceptors (Lipinski definition) is 5. The summed E-state index contributed by atoms with van der Waals surface area (Å²) in [5, 5.41) is 11.6. The van der Waals surface area contributed by atoms with Gasteiger partial charge in [0.2, 0.25) is 0 Å². The van der Waals surface area contributed by atoms with Crippen LogP contribution >= 0.6 is 0 Å². The minimum Gasteiger partial charge on any atom is -0.463 e. The van der Waals surface area contributed by atoms with Gasteiger partial charge in [0.05, 0.1) is 5.69 Å². The van der Waals surface area contributed by atoms with Crippen LogP contribution in [0.4, 0.5) is 22.0 Å². The molecule has 0 saturated heterocycles. The van der Waals surface area contributed by atoms with Gasteiger partial charge in [-0.25, -0.2) is 13.8 Å². The van der Waals surface area contributed by atoms with E-state index in [-0.39, 0.29) is 17.1 Å². The maximum Gasteiger partial charge on any atom is 0.425 e. The molecule has 6 nitrogen and oxygen atoms in total. The third kappa shape index (κ3) is 3.41. The fourth-order valence-electron chi connectivity index (χ4n) is 2.09. The van der Waals surface area contributed by atoms with E-state index in [1.165, 1.54) is 19.1 Å². The van der Waals surface area contributed by atoms with Gasteiger partial charge >= 0.3 is 6.18 Å². The van der Waals surface area contributed by atoms with Crippen molar-refractivity contribution in [2.75, 3.05) is 0 Å². The molecule has 3 aromatic heterocycles. The number of fused-ring (bicyclic) bond motifs is 1. The molecule has 0 aromatic carbocycles. The highest BCUT2D eigenvalue weighted by molar-refractivity contribution is 5.59. The van der Waals surface area contributed by atoms with Gasteiger partial charge in [0.25, 0.3) is 5.88 Å². The molecule has 3 aromatic rings. The van der Waals surface area contributed by atoms with Crippen LogP contribution in [0.15, 0.2) is 24.4 Å². The van der Waals surface area contributed by atoms with Crippen molar-refractivity contribution in [1.82, 2.24) is 24.8 Å². The quantitative estimate of drug-likeness (QED) is 0.653. The molecule has 0 aliphatic rings. The molecule has 3 heterocycles. The second kappa shape index (κ2) is 6.46. The Morgan fingerprint density at radius 3 is 2.50 bits per heavy atom. The van der Waals surface area contributed by atoms with Crippen molar-refractivity contribution in [3.8, 4) is 17.1 Å². The summed E-state index contributed by atoms with van der Waals surface area (Å²) < 4.78 is 70.8. The van der Waals surface area contributed by atoms with Crippen LogP contribution in [0.1, 0.15) is 25.8 Å². The van der Waals surface area contributed by atoms with E-state index in [4.69, 9.17) is 0 Å². The van der Waals surface area contributed by atoms with Crippen LogP contribution in [-0.4, -0.2) is 37.1 Å². The van der Waals surface area contributed by atoms with E-state index in [0.717, 1.165) is 23.7 Å². The standard InChI is InChI=1S/C15H12F5N5O/c1-7(16)13-23-22-12-4-3-11(24-25(12)13)9-5-10(17)14(21-6-9)26-8(2)15(18,19)20/h3-8H,1-2H3/t7?,8-/m1/s1. The van der Waals surface area contributed by atoms with Crippen LogP contribution < -0.4 is 4.74 Å². The van der Waals surface area contributed by atoms with Crippen LogP contribution in [0.25, 0.3) is 16.9 Å². The first-order valence-electron chi connectivity index (χ1n) is 7.42. The van der Waals surface area contributed by atoms with Crippen LogP contribution in [-0.2, 0) is 0 Å². The zero-order valence-corrected chi connectivity index (χ0v) is 13.5. The molecule has 0 aliphatic heterocycles. The van der Waals surface area contributed by atoms with Gasteiger partial charge in [-0.1, -0.05) is 0 Å². The van der Waals surface area contributed by atoms with Gasteiger partial charge in [-0.2, -0.15) is 22.8 Å². The Bertz CT molecular complexity index is 940. The summed E-state index contributed by atoms with van der Waals surface area (Å²) >= 11 is 0. The predicted molar refractivity (Wildman–Crippen MR) is 79.6 cm³/mol. The summed E-state index contributed by atoms with van der Waals surface area (Å²) in [4.78, 5) is 3.58. The number of halogens is 5. The summed E-state index contributed by atoms with van der Waals surface area (Å²) in [6, 6.07) is 3.91. The highest BCUT2D eigenvalue weighted by Gasteiger charge is 2.38. The highest BCUT2D eigenvalue weighted by Crippen LogP contribution is 2.27. The molecule has 0 amide bonds. The number of alkyl halides is 4. The SMILES string of the molecule is CC(F)c1nnc2ccc(-c3cnc(O[C@H](C)C(F)(F)F)c(F)c3)nn12. The molecule has 0 saturated carbocycles. The lowest BCUT2D eigenvalue weighted by atomic mass is 10.2. The Labute approximate surface area is 143 Å². The molecule has 0 spiro atoms. The van der Waals surface area contributed by atoms with Crippen molar-refractivity contribution in [2.24, 2.45) is 0 Å². The Balaban J connectivity index is 1.94. The number of rotatable bonds is 4. The van der Waals surface area contributed by atoms with Crippen molar-refractivity contribution >= 4 is 5.65 Å². The number of ether oxygens (including phenoxy) is 1. The van der Waals surface area contributed by atoms with Crippen LogP contribution in [0, 0.1) is 5.82 Å². The van der Waals surface area contributed by atoms with Crippen molar-refractivity contribution in [3.05, 3.63) is 36.0 Å². The molecule has 0 radical (unpaired) electrons. The maximum absolute atomic E-state index is 14.1. The summed E-state index contributed by atoms with van der Waals surface area (Å²) in [7, 11) is 0. The normalized spacial score (nSPS) is 14.4. The molecule has 26 heavy (non-hydrogen) atoms. The van der Waals surface area contributed by atoms with E-state index in [2.05, 4.69) is 25.0 Å². The molecular formula is C15H12F5N5O. The van der Waals surface area contributed by atoms with Crippen molar-refractivity contribution in [3.63, 3.8) is 0 Å². The molecule has 0 bridgehead atoms. The lowest BCUT2D eigenvalue weighted by Gasteiger charge is -2.17. The first kappa shape index (κ1) is 18.0. The second-order valence-corrected chi connectivity index (χ2v) is 5.48. The Kier molecular flexibility index (Phi) is 4.46. The number of hydrogen-bond donors (Lipinski definition) is 0. The smallest absolute Gasteiger partial charge is 0.425 e. The lowest BCUT2D eigenvalue weighted by molar-refractivity contribution is -0.190. The van der Waals surface area contributed by atoms with Crippen molar-refractivity contribution in [1.29, 1.82) is 0 Å². The molecule has 0 aliphatic carbocycles. The van der Waals surface area contributed by atoms with E-state index in [1.807, 2.05) is 0 Å². The minimum atomic E-state index is -4.65. The third-order valence-electron chi connectivity index (χ3n) is 3.50. The number of aromatic nitrogens is 5. The molecule has 138 valence electrons. The van der Waals surface area contributed by atoms with Gasteiger partial charge in [-0.15, -0.1) is 10.2 Å². The van der Waals surface area contributed by atoms with E-state index >= 15 is 0 Å². The van der Waals surface area contributed by atoms with Gasteiger partial charge in [-0.05, 0) is 32.0 Å². The number of pyridine rings is 1. The van der Waals surface area contributed by atoms with Crippen molar-refractivity contribution < 1.29 is 26.7 Å². The van der Waals surface area contributed by atoms with E-state index < -0.39 is 30.1 Å². The summed E-state index contributed by atoms with van der Waals surface area (Å²) in [5.41, 5.74) is 0.671. The monoisotopic (exact) mass is 373 g/mol. The fraction of sp³-hybridized carbons (Fsp3) is 0.333. The molecule has 1 unspecified atom stereocenters. The largest absolute Gasteiger partial charge is 0.463 e. The minimum absolute atomic E-state index is 0.0331. The third-order valence-corrected chi connectivity index (χ3v) is 3.50. The van der Waals surface area contributed by atoms with Crippen LogP contribution in [0.3, 0.4) is 0 Å². The van der Waals surface area contributed by atoms with Crippen LogP contribution in [0.2, 0.25) is 0 Å². The highest BCUT2D eigenvalue weighted by atomic mass is 19.4. The summed E-state index contributed by atoms with van der Waals surface area (Å²) in [5.74, 6) is -1.89. The molecule has 0 fully saturated rings. The fourth-order valence-corrected chi connectivity index (χ4v) is 2.09. The first-order chi connectivity index (χ1) is 12.2. The zero-order valence-electron chi connectivity index (χ0n) is 13.5. The zero-order chi connectivity index (χ0) is 19.1. The van der Waals surface area contributed by atoms with E-state index in [1.54, 1.807) is 0 Å². The van der Waals surface area contributed by atoms with Gasteiger partial charge in [0.15, 0.2) is 29.6 Å². The van der Waals surface area contributed by atoms with Gasteiger partial charge in [0, 0.05) is 11.8 Å². The topological polar surface area (TPSA) is 65.2 Å². The van der Waals surface area contributed by atoms with E-state index in [0.29, 0.717) is 5.65 Å². The van der Waals surface area contributed by atoms with Gasteiger partial charge in [-0.3, -0.25) is 0 Å². The molecule has 3 rings (SSSR count). The summed E-state index contributed by atoms with van der Waals surface area (Å²) in [6.07, 6.45) is -7.18. The Morgan fingerprint density at radius 2 is 1.88 bits per heavy atom. The Hall–Kier alpha value is -2.85. The van der Waals surface area contributed by atoms with E-state index in [9.17, 15) is 22.0 Å². The van der Waals surface area contributed by atoms with Gasteiger partial charge in [0.1, 0.15) is 0 Å². The lowest BCUT2D eigenvalue weighted by Crippen LogP contribution is -2.31. The molecule has 2 atom stereocenters. The van der Waals surface area contributed by atoms with Crippen molar-refractivity contribution in [2.45, 2.75) is 32.3 Å². The van der Waals surface area contributed by atoms with Crippen LogP contribution in [0.5, 0.6) is 5.88 Å². The Morgan fingerprint density at radius 1 is 1.15 bits per heavy atom. The predicted octanol–water partition coefficient (Wildman–Crippen LogP) is 3.69. The summed E-state index contributed by atoms with van der Waals surface area (Å²) in [6.45, 7) is 2.01. The number of nitrogens with zero attached hydrogens (tertiary/aromatic N) is 5. The molecule has 11 heteroatoms. The average Bonchev–Trinajstić information content (AvgIpc) is 2.99. The average molecular weight is 373 g/mol. The molecule has 0 N–H and O–H groups in total.